The summed E-state index contributed by atoms with van der Waals surface area (Å²) in [5.41, 5.74) is 0. The molecule has 0 aromatic carbocycles. The van der Waals surface area contributed by atoms with Crippen LogP contribution in [0.3, 0.4) is 0 Å². The summed E-state index contributed by atoms with van der Waals surface area (Å²) in [7, 11) is 0. The Morgan fingerprint density at radius 2 is 1.17 bits per heavy atom. The van der Waals surface area contributed by atoms with Crippen molar-refractivity contribution in [2.45, 2.75) is 38.5 Å². The van der Waals surface area contributed by atoms with Crippen molar-refractivity contribution < 1.29 is 0 Å². The Morgan fingerprint density at radius 1 is 0.667 bits per heavy atom. The molecule has 12 heavy (non-hydrogen) atoms. The topological polar surface area (TPSA) is 0 Å². The Balaban J connectivity index is 1.90. The largest absolute Gasteiger partial charge is 0.0885 e. The quantitative estimate of drug-likeness (QED) is 0.516. The first-order chi connectivity index (χ1) is 5.97. The molecular formula is C12H18. The van der Waals surface area contributed by atoms with Crippen LogP contribution in [-0.2, 0) is 0 Å². The first-order valence-electron chi connectivity index (χ1n) is 5.27. The second kappa shape index (κ2) is 3.93. The normalized spacial score (nSPS) is 35.3. The third-order valence-corrected chi connectivity index (χ3v) is 3.29. The Kier molecular flexibility index (Phi) is 2.65. The molecule has 0 spiro atoms. The van der Waals surface area contributed by atoms with Crippen molar-refractivity contribution in [1.82, 2.24) is 0 Å². The maximum Gasteiger partial charge on any atom is -0.0319 e. The summed E-state index contributed by atoms with van der Waals surface area (Å²) in [6.07, 6.45) is 17.7. The summed E-state index contributed by atoms with van der Waals surface area (Å²) in [5.74, 6) is 2.00. The highest BCUT2D eigenvalue weighted by atomic mass is 14.3. The number of hydrogen-bond donors (Lipinski definition) is 0. The maximum absolute atomic E-state index is 2.38. The van der Waals surface area contributed by atoms with E-state index in [1.54, 1.807) is 0 Å². The van der Waals surface area contributed by atoms with Crippen LogP contribution in [-0.4, -0.2) is 0 Å². The molecule has 2 atom stereocenters. The molecule has 0 aliphatic heterocycles. The average Bonchev–Trinajstić information content (AvgIpc) is 2.21. The molecule has 0 aromatic rings. The molecule has 0 radical (unpaired) electrons. The highest BCUT2D eigenvalue weighted by molar-refractivity contribution is 4.97. The van der Waals surface area contributed by atoms with Gasteiger partial charge in [-0.15, -0.1) is 0 Å². The van der Waals surface area contributed by atoms with Gasteiger partial charge < -0.3 is 0 Å². The van der Waals surface area contributed by atoms with Crippen molar-refractivity contribution in [1.29, 1.82) is 0 Å². The van der Waals surface area contributed by atoms with Crippen LogP contribution in [0.4, 0.5) is 0 Å². The number of allylic oxidation sites excluding steroid dienone is 4. The van der Waals surface area contributed by atoms with Crippen LogP contribution in [0.2, 0.25) is 0 Å². The second-order valence-corrected chi connectivity index (χ2v) is 4.09. The van der Waals surface area contributed by atoms with Gasteiger partial charge in [0.2, 0.25) is 0 Å². The van der Waals surface area contributed by atoms with Gasteiger partial charge in [-0.3, -0.25) is 0 Å². The van der Waals surface area contributed by atoms with Gasteiger partial charge in [0.25, 0.3) is 0 Å². The number of rotatable bonds is 1. The fourth-order valence-electron chi connectivity index (χ4n) is 2.49. The van der Waals surface area contributed by atoms with Crippen molar-refractivity contribution in [2.24, 2.45) is 11.8 Å². The smallest absolute Gasteiger partial charge is 0.0319 e. The fraction of sp³-hybridized carbons (Fsp3) is 0.667. The third-order valence-electron chi connectivity index (χ3n) is 3.29. The summed E-state index contributed by atoms with van der Waals surface area (Å²) in [4.78, 5) is 0. The Morgan fingerprint density at radius 3 is 1.50 bits per heavy atom. The zero-order chi connectivity index (χ0) is 8.23. The third kappa shape index (κ3) is 1.80. The predicted octanol–water partition coefficient (Wildman–Crippen LogP) is 3.70. The van der Waals surface area contributed by atoms with Crippen molar-refractivity contribution in [3.63, 3.8) is 0 Å². The molecule has 0 heteroatoms. The summed E-state index contributed by atoms with van der Waals surface area (Å²) in [6.45, 7) is 0. The van der Waals surface area contributed by atoms with Gasteiger partial charge in [-0.2, -0.15) is 0 Å². The second-order valence-electron chi connectivity index (χ2n) is 4.09. The lowest BCUT2D eigenvalue weighted by molar-refractivity contribution is 0.288. The van der Waals surface area contributed by atoms with Gasteiger partial charge in [-0.05, 0) is 50.4 Å². The molecule has 0 unspecified atom stereocenters. The Bertz CT molecular complexity index is 166. The molecule has 66 valence electrons. The van der Waals surface area contributed by atoms with Crippen molar-refractivity contribution in [3.8, 4) is 0 Å². The summed E-state index contributed by atoms with van der Waals surface area (Å²) in [5, 5.41) is 0. The van der Waals surface area contributed by atoms with Gasteiger partial charge in [-0.25, -0.2) is 0 Å². The van der Waals surface area contributed by atoms with E-state index in [1.165, 1.54) is 38.5 Å². The van der Waals surface area contributed by atoms with E-state index in [1.807, 2.05) is 0 Å². The van der Waals surface area contributed by atoms with Gasteiger partial charge >= 0.3 is 0 Å². The molecule has 2 aliphatic rings. The van der Waals surface area contributed by atoms with E-state index in [4.69, 9.17) is 0 Å². The van der Waals surface area contributed by atoms with Crippen LogP contribution in [0.1, 0.15) is 38.5 Å². The Hall–Kier alpha value is -0.520. The minimum absolute atomic E-state index is 1.000. The lowest BCUT2D eigenvalue weighted by Gasteiger charge is -2.28. The molecule has 0 saturated carbocycles. The lowest BCUT2D eigenvalue weighted by Crippen LogP contribution is -2.16. The van der Waals surface area contributed by atoms with E-state index >= 15 is 0 Å². The van der Waals surface area contributed by atoms with Crippen LogP contribution in [0.15, 0.2) is 24.3 Å². The number of hydrogen-bond acceptors (Lipinski definition) is 0. The van der Waals surface area contributed by atoms with Crippen LogP contribution in [0, 0.1) is 11.8 Å². The van der Waals surface area contributed by atoms with Gasteiger partial charge in [0, 0.05) is 0 Å². The highest BCUT2D eigenvalue weighted by Gasteiger charge is 2.21. The van der Waals surface area contributed by atoms with Crippen LogP contribution in [0.5, 0.6) is 0 Å². The molecule has 0 bridgehead atoms. The minimum atomic E-state index is 1.000. The van der Waals surface area contributed by atoms with Crippen molar-refractivity contribution in [3.05, 3.63) is 24.3 Å². The molecule has 0 fully saturated rings. The van der Waals surface area contributed by atoms with E-state index in [2.05, 4.69) is 24.3 Å². The van der Waals surface area contributed by atoms with Crippen LogP contribution in [0.25, 0.3) is 0 Å². The van der Waals surface area contributed by atoms with Crippen LogP contribution >= 0.6 is 0 Å². The first kappa shape index (κ1) is 8.10. The van der Waals surface area contributed by atoms with Gasteiger partial charge in [-0.1, -0.05) is 24.3 Å². The monoisotopic (exact) mass is 162 g/mol. The fourth-order valence-corrected chi connectivity index (χ4v) is 2.49. The van der Waals surface area contributed by atoms with E-state index in [0.717, 1.165) is 11.8 Å². The molecule has 0 heterocycles. The molecule has 0 amide bonds. The molecule has 2 aliphatic carbocycles. The summed E-state index contributed by atoms with van der Waals surface area (Å²) in [6, 6.07) is 0. The van der Waals surface area contributed by atoms with E-state index in [9.17, 15) is 0 Å². The Labute approximate surface area is 75.4 Å². The van der Waals surface area contributed by atoms with E-state index in [0.29, 0.717) is 0 Å². The zero-order valence-electron chi connectivity index (χ0n) is 7.71. The van der Waals surface area contributed by atoms with E-state index in [-0.39, 0.29) is 0 Å². The summed E-state index contributed by atoms with van der Waals surface area (Å²) < 4.78 is 0. The SMILES string of the molecule is C1=CC[C@@H]([C@@H]2CC=CCC2)CC1. The highest BCUT2D eigenvalue weighted by Crippen LogP contribution is 2.33. The standard InChI is InChI=1S/C12H18/c1-3-7-11(8-4-1)12-9-5-2-6-10-12/h1-3,5,11-12H,4,6-10H2/t11-,12-/m1/s1. The minimum Gasteiger partial charge on any atom is -0.0885 e. The predicted molar refractivity (Wildman–Crippen MR) is 53.0 cm³/mol. The lowest BCUT2D eigenvalue weighted by atomic mass is 9.77. The molecule has 0 nitrogen and oxygen atoms in total. The van der Waals surface area contributed by atoms with Gasteiger partial charge in [0.05, 0.1) is 0 Å². The molecular weight excluding hydrogens is 144 g/mol. The molecule has 0 aromatic heterocycles. The van der Waals surface area contributed by atoms with Gasteiger partial charge in [0.1, 0.15) is 0 Å². The average molecular weight is 162 g/mol. The zero-order valence-corrected chi connectivity index (χ0v) is 7.71. The van der Waals surface area contributed by atoms with Crippen LogP contribution < -0.4 is 0 Å². The molecule has 0 saturated heterocycles. The molecule has 0 N–H and O–H groups in total. The maximum atomic E-state index is 2.38. The summed E-state index contributed by atoms with van der Waals surface area (Å²) >= 11 is 0. The van der Waals surface area contributed by atoms with Crippen molar-refractivity contribution in [2.75, 3.05) is 0 Å². The first-order valence-corrected chi connectivity index (χ1v) is 5.27. The van der Waals surface area contributed by atoms with Gasteiger partial charge in [0.15, 0.2) is 0 Å². The molecule has 2 rings (SSSR count). The van der Waals surface area contributed by atoms with Crippen molar-refractivity contribution >= 4 is 0 Å². The van der Waals surface area contributed by atoms with E-state index < -0.39 is 0 Å².